The monoisotopic (exact) mass is 399 g/mol. The first-order valence-corrected chi connectivity index (χ1v) is 8.02. The zero-order chi connectivity index (χ0) is 14.5. The van der Waals surface area contributed by atoms with Crippen LogP contribution in [0, 0.1) is 5.82 Å². The van der Waals surface area contributed by atoms with Gasteiger partial charge >= 0.3 is 0 Å². The van der Waals surface area contributed by atoms with Crippen LogP contribution in [0.1, 0.15) is 11.1 Å². The van der Waals surface area contributed by atoms with Gasteiger partial charge in [-0.3, -0.25) is 0 Å². The number of nitrogens with one attached hydrogen (secondary N) is 1. The topological polar surface area (TPSA) is 12.0 Å². The predicted molar refractivity (Wildman–Crippen MR) is 88.5 cm³/mol. The van der Waals surface area contributed by atoms with Gasteiger partial charge in [-0.25, -0.2) is 4.39 Å². The van der Waals surface area contributed by atoms with Crippen molar-refractivity contribution >= 4 is 31.9 Å². The molecular weight excluding hydrogens is 385 g/mol. The highest BCUT2D eigenvalue weighted by Gasteiger charge is 2.11. The van der Waals surface area contributed by atoms with Crippen LogP contribution in [0.25, 0.3) is 0 Å². The van der Waals surface area contributed by atoms with E-state index >= 15 is 0 Å². The van der Waals surface area contributed by atoms with E-state index in [0.717, 1.165) is 27.4 Å². The van der Waals surface area contributed by atoms with Gasteiger partial charge < -0.3 is 5.32 Å². The molecule has 0 aromatic heterocycles. The lowest BCUT2D eigenvalue weighted by Gasteiger charge is -2.17. The molecule has 20 heavy (non-hydrogen) atoms. The Morgan fingerprint density at radius 3 is 2.60 bits per heavy atom. The zero-order valence-electron chi connectivity index (χ0n) is 11.2. The number of benzene rings is 2. The van der Waals surface area contributed by atoms with Gasteiger partial charge in [0, 0.05) is 15.0 Å². The third-order valence-corrected chi connectivity index (χ3v) is 4.52. The van der Waals surface area contributed by atoms with Crippen molar-refractivity contribution in [2.45, 2.75) is 18.9 Å². The first-order chi connectivity index (χ1) is 9.58. The Kier molecular flexibility index (Phi) is 5.75. The van der Waals surface area contributed by atoms with E-state index in [9.17, 15) is 4.39 Å². The number of halogens is 3. The SMILES string of the molecule is CNC(Cc1cccc(Br)c1)Cc1cc(F)ccc1Br. The Morgan fingerprint density at radius 2 is 1.90 bits per heavy atom. The summed E-state index contributed by atoms with van der Waals surface area (Å²) in [6.07, 6.45) is 1.68. The lowest BCUT2D eigenvalue weighted by atomic mass is 9.99. The van der Waals surface area contributed by atoms with Crippen LogP contribution in [-0.2, 0) is 12.8 Å². The molecule has 106 valence electrons. The summed E-state index contributed by atoms with van der Waals surface area (Å²) in [6, 6.07) is 13.4. The van der Waals surface area contributed by atoms with Crippen LogP contribution in [0.4, 0.5) is 4.39 Å². The Labute approximate surface area is 135 Å². The van der Waals surface area contributed by atoms with Gasteiger partial charge in [-0.2, -0.15) is 0 Å². The molecule has 2 aromatic carbocycles. The highest BCUT2D eigenvalue weighted by Crippen LogP contribution is 2.21. The summed E-state index contributed by atoms with van der Waals surface area (Å²) in [5.74, 6) is -0.194. The molecule has 0 heterocycles. The van der Waals surface area contributed by atoms with E-state index in [0.29, 0.717) is 0 Å². The van der Waals surface area contributed by atoms with E-state index < -0.39 is 0 Å². The van der Waals surface area contributed by atoms with Crippen molar-refractivity contribution in [1.82, 2.24) is 5.32 Å². The quantitative estimate of drug-likeness (QED) is 0.765. The van der Waals surface area contributed by atoms with E-state index in [4.69, 9.17) is 0 Å². The Balaban J connectivity index is 2.11. The molecule has 0 fully saturated rings. The van der Waals surface area contributed by atoms with Gasteiger partial charge in [-0.15, -0.1) is 0 Å². The van der Waals surface area contributed by atoms with Crippen LogP contribution >= 0.6 is 31.9 Å². The summed E-state index contributed by atoms with van der Waals surface area (Å²) in [6.45, 7) is 0. The van der Waals surface area contributed by atoms with Gasteiger partial charge in [0.2, 0.25) is 0 Å². The molecule has 1 unspecified atom stereocenters. The Morgan fingerprint density at radius 1 is 1.10 bits per heavy atom. The maximum atomic E-state index is 13.3. The maximum Gasteiger partial charge on any atom is 0.123 e. The summed E-state index contributed by atoms with van der Waals surface area (Å²) in [5.41, 5.74) is 2.24. The van der Waals surface area contributed by atoms with Crippen LogP contribution in [0.5, 0.6) is 0 Å². The number of hydrogen-bond donors (Lipinski definition) is 1. The lowest BCUT2D eigenvalue weighted by molar-refractivity contribution is 0.551. The predicted octanol–water partition coefficient (Wildman–Crippen LogP) is 4.72. The molecule has 0 saturated carbocycles. The molecule has 0 saturated heterocycles. The number of rotatable bonds is 5. The molecule has 1 N–H and O–H groups in total. The van der Waals surface area contributed by atoms with E-state index in [1.807, 2.05) is 19.2 Å². The van der Waals surface area contributed by atoms with Crippen molar-refractivity contribution < 1.29 is 4.39 Å². The Bertz CT molecular complexity index is 586. The molecule has 2 aromatic rings. The highest BCUT2D eigenvalue weighted by atomic mass is 79.9. The first-order valence-electron chi connectivity index (χ1n) is 6.44. The number of hydrogen-bond acceptors (Lipinski definition) is 1. The van der Waals surface area contributed by atoms with E-state index in [1.165, 1.54) is 11.6 Å². The summed E-state index contributed by atoms with van der Waals surface area (Å²) < 4.78 is 15.4. The molecule has 4 heteroatoms. The molecule has 2 rings (SSSR count). The molecule has 0 bridgehead atoms. The summed E-state index contributed by atoms with van der Waals surface area (Å²) in [4.78, 5) is 0. The average Bonchev–Trinajstić information content (AvgIpc) is 2.42. The fourth-order valence-electron chi connectivity index (χ4n) is 2.19. The van der Waals surface area contributed by atoms with Gasteiger partial charge in [0.05, 0.1) is 0 Å². The van der Waals surface area contributed by atoms with Crippen LogP contribution < -0.4 is 5.32 Å². The third-order valence-electron chi connectivity index (χ3n) is 3.25. The first kappa shape index (κ1) is 15.7. The Hall–Kier alpha value is -0.710. The summed E-state index contributed by atoms with van der Waals surface area (Å²) in [7, 11) is 1.94. The largest absolute Gasteiger partial charge is 0.316 e. The second-order valence-electron chi connectivity index (χ2n) is 4.76. The molecule has 1 nitrogen and oxygen atoms in total. The van der Waals surface area contributed by atoms with Crippen LogP contribution in [-0.4, -0.2) is 13.1 Å². The van der Waals surface area contributed by atoms with Crippen molar-refractivity contribution in [3.05, 3.63) is 68.4 Å². The zero-order valence-corrected chi connectivity index (χ0v) is 14.3. The van der Waals surface area contributed by atoms with E-state index in [1.54, 1.807) is 12.1 Å². The molecule has 0 radical (unpaired) electrons. The fraction of sp³-hybridized carbons (Fsp3) is 0.250. The molecule has 0 aliphatic carbocycles. The second-order valence-corrected chi connectivity index (χ2v) is 6.53. The average molecular weight is 401 g/mol. The van der Waals surface area contributed by atoms with E-state index in [-0.39, 0.29) is 11.9 Å². The lowest BCUT2D eigenvalue weighted by Crippen LogP contribution is -2.30. The molecule has 0 amide bonds. The van der Waals surface area contributed by atoms with Gasteiger partial charge in [0.15, 0.2) is 0 Å². The van der Waals surface area contributed by atoms with E-state index in [2.05, 4.69) is 49.3 Å². The molecule has 0 spiro atoms. The molecular formula is C16H16Br2FN. The number of likely N-dealkylation sites (N-methyl/N-ethyl adjacent to an activating group) is 1. The molecule has 1 atom stereocenters. The van der Waals surface area contributed by atoms with Crippen molar-refractivity contribution in [3.8, 4) is 0 Å². The molecule has 0 aliphatic rings. The molecule has 0 aliphatic heterocycles. The summed E-state index contributed by atoms with van der Waals surface area (Å²) in [5, 5.41) is 3.31. The highest BCUT2D eigenvalue weighted by molar-refractivity contribution is 9.10. The van der Waals surface area contributed by atoms with Crippen molar-refractivity contribution in [2.24, 2.45) is 0 Å². The van der Waals surface area contributed by atoms with Gasteiger partial charge in [0.25, 0.3) is 0 Å². The second kappa shape index (κ2) is 7.34. The van der Waals surface area contributed by atoms with Crippen molar-refractivity contribution in [1.29, 1.82) is 0 Å². The van der Waals surface area contributed by atoms with Crippen LogP contribution in [0.3, 0.4) is 0 Å². The summed E-state index contributed by atoms with van der Waals surface area (Å²) >= 11 is 6.97. The maximum absolute atomic E-state index is 13.3. The van der Waals surface area contributed by atoms with Gasteiger partial charge in [-0.1, -0.05) is 44.0 Å². The van der Waals surface area contributed by atoms with Crippen LogP contribution in [0.15, 0.2) is 51.4 Å². The minimum absolute atomic E-state index is 0.194. The normalized spacial score (nSPS) is 12.4. The minimum Gasteiger partial charge on any atom is -0.316 e. The van der Waals surface area contributed by atoms with Crippen molar-refractivity contribution in [2.75, 3.05) is 7.05 Å². The van der Waals surface area contributed by atoms with Crippen LogP contribution in [0.2, 0.25) is 0 Å². The third kappa shape index (κ3) is 4.40. The fourth-order valence-corrected chi connectivity index (χ4v) is 3.05. The van der Waals surface area contributed by atoms with Gasteiger partial charge in [0.1, 0.15) is 5.82 Å². The smallest absolute Gasteiger partial charge is 0.123 e. The van der Waals surface area contributed by atoms with Gasteiger partial charge in [-0.05, 0) is 61.3 Å². The standard InChI is InChI=1S/C16H16Br2FN/c1-20-15(8-11-3-2-4-13(17)7-11)10-12-9-14(19)5-6-16(12)18/h2-7,9,15,20H,8,10H2,1H3. The minimum atomic E-state index is -0.194. The van der Waals surface area contributed by atoms with Crippen molar-refractivity contribution in [3.63, 3.8) is 0 Å².